The molecule has 4 heteroatoms. The number of hydrogen-bond donors (Lipinski definition) is 1. The molecule has 0 bridgehead atoms. The Morgan fingerprint density at radius 2 is 0.907 bits per heavy atom. The number of ether oxygens (including phenoxy) is 2. The van der Waals surface area contributed by atoms with Crippen molar-refractivity contribution in [2.45, 2.75) is 213 Å². The van der Waals surface area contributed by atoms with E-state index in [9.17, 15) is 9.90 Å². The second-order valence-corrected chi connectivity index (χ2v) is 13.0. The molecule has 0 aromatic carbocycles. The van der Waals surface area contributed by atoms with Crippen LogP contribution in [-0.2, 0) is 14.3 Å². The lowest BCUT2D eigenvalue weighted by molar-refractivity contribution is -0.149. The summed E-state index contributed by atoms with van der Waals surface area (Å²) in [5, 5.41) is 9.57. The molecule has 43 heavy (non-hydrogen) atoms. The van der Waals surface area contributed by atoms with E-state index in [1.54, 1.807) is 0 Å². The fraction of sp³-hybridized carbons (Fsp3) is 0.923. The fourth-order valence-corrected chi connectivity index (χ4v) is 5.65. The lowest BCUT2D eigenvalue weighted by Gasteiger charge is -2.15. The van der Waals surface area contributed by atoms with E-state index < -0.39 is 6.10 Å². The number of aliphatic hydroxyl groups is 1. The molecule has 0 rings (SSSR count). The molecule has 0 aliphatic carbocycles. The van der Waals surface area contributed by atoms with Gasteiger partial charge in [0.25, 0.3) is 0 Å². The van der Waals surface area contributed by atoms with Gasteiger partial charge in [-0.15, -0.1) is 0 Å². The zero-order chi connectivity index (χ0) is 31.3. The van der Waals surface area contributed by atoms with E-state index in [2.05, 4.69) is 26.0 Å². The Morgan fingerprint density at radius 1 is 0.535 bits per heavy atom. The lowest BCUT2D eigenvalue weighted by Crippen LogP contribution is -2.26. The van der Waals surface area contributed by atoms with Crippen LogP contribution in [0.2, 0.25) is 0 Å². The van der Waals surface area contributed by atoms with Crippen LogP contribution >= 0.6 is 0 Å². The van der Waals surface area contributed by atoms with Crippen LogP contribution in [0.4, 0.5) is 0 Å². The smallest absolute Gasteiger partial charge is 0.305 e. The van der Waals surface area contributed by atoms with E-state index in [4.69, 9.17) is 9.47 Å². The molecular weight excluding hydrogens is 532 g/mol. The van der Waals surface area contributed by atoms with Crippen molar-refractivity contribution in [3.63, 3.8) is 0 Å². The number of hydrogen-bond acceptors (Lipinski definition) is 4. The van der Waals surface area contributed by atoms with Crippen LogP contribution in [0, 0.1) is 0 Å². The highest BCUT2D eigenvalue weighted by Crippen LogP contribution is 2.14. The average Bonchev–Trinajstić information content (AvgIpc) is 3.02. The first-order valence-corrected chi connectivity index (χ1v) is 19.3. The van der Waals surface area contributed by atoms with Crippen molar-refractivity contribution in [1.29, 1.82) is 0 Å². The summed E-state index contributed by atoms with van der Waals surface area (Å²) in [7, 11) is 0. The molecule has 0 aliphatic rings. The molecule has 0 aromatic rings. The van der Waals surface area contributed by atoms with Crippen molar-refractivity contribution >= 4 is 5.97 Å². The zero-order valence-electron chi connectivity index (χ0n) is 29.2. The highest BCUT2D eigenvalue weighted by Gasteiger charge is 2.11. The van der Waals surface area contributed by atoms with E-state index >= 15 is 0 Å². The minimum Gasteiger partial charge on any atom is -0.463 e. The fourth-order valence-electron chi connectivity index (χ4n) is 5.65. The Labute approximate surface area is 269 Å². The summed E-state index contributed by atoms with van der Waals surface area (Å²) in [5.74, 6) is -0.158. The minimum absolute atomic E-state index is 0.0986. The number of esters is 1. The maximum absolute atomic E-state index is 12.1. The molecule has 4 nitrogen and oxygen atoms in total. The minimum atomic E-state index is -0.395. The molecule has 0 spiro atoms. The predicted octanol–water partition coefficient (Wildman–Crippen LogP) is 12.2. The molecule has 1 atom stereocenters. The van der Waals surface area contributed by atoms with Gasteiger partial charge >= 0.3 is 5.97 Å². The van der Waals surface area contributed by atoms with Crippen LogP contribution in [-0.4, -0.2) is 37.0 Å². The second kappa shape index (κ2) is 37.3. The Bertz CT molecular complexity index is 561. The van der Waals surface area contributed by atoms with Crippen molar-refractivity contribution < 1.29 is 19.4 Å². The van der Waals surface area contributed by atoms with Crippen LogP contribution in [0.25, 0.3) is 0 Å². The summed E-state index contributed by atoms with van der Waals surface area (Å²) >= 11 is 0. The molecule has 0 heterocycles. The largest absolute Gasteiger partial charge is 0.463 e. The van der Waals surface area contributed by atoms with Gasteiger partial charge in [0.15, 0.2) is 0 Å². The third-order valence-corrected chi connectivity index (χ3v) is 8.63. The first-order chi connectivity index (χ1) is 21.2. The molecule has 0 saturated heterocycles. The third kappa shape index (κ3) is 35.5. The quantitative estimate of drug-likeness (QED) is 0.0437. The topological polar surface area (TPSA) is 55.8 Å². The molecule has 0 fully saturated rings. The first-order valence-electron chi connectivity index (χ1n) is 19.3. The highest BCUT2D eigenvalue weighted by atomic mass is 16.6. The van der Waals surface area contributed by atoms with Gasteiger partial charge < -0.3 is 14.6 Å². The Morgan fingerprint density at radius 3 is 1.33 bits per heavy atom. The van der Waals surface area contributed by atoms with E-state index in [0.717, 1.165) is 25.7 Å². The number of rotatable bonds is 36. The molecule has 0 unspecified atom stereocenters. The summed E-state index contributed by atoms with van der Waals surface area (Å²) in [6.07, 6.45) is 42.7. The van der Waals surface area contributed by atoms with Gasteiger partial charge in [0.2, 0.25) is 0 Å². The predicted molar refractivity (Wildman–Crippen MR) is 187 cm³/mol. The average molecular weight is 609 g/mol. The monoisotopic (exact) mass is 609 g/mol. The van der Waals surface area contributed by atoms with Gasteiger partial charge in [-0.3, -0.25) is 4.79 Å². The van der Waals surface area contributed by atoms with Gasteiger partial charge in [-0.1, -0.05) is 174 Å². The number of allylic oxidation sites excluding steroid dienone is 2. The molecule has 0 aromatic heterocycles. The van der Waals surface area contributed by atoms with Crippen LogP contribution in [0.1, 0.15) is 206 Å². The number of unbranched alkanes of at least 4 members (excludes halogenated alkanes) is 26. The van der Waals surface area contributed by atoms with Crippen LogP contribution in [0.3, 0.4) is 0 Å². The van der Waals surface area contributed by atoms with Crippen LogP contribution in [0.15, 0.2) is 12.2 Å². The van der Waals surface area contributed by atoms with Crippen LogP contribution < -0.4 is 0 Å². The lowest BCUT2D eigenvalue weighted by atomic mass is 10.0. The molecular formula is C39H76O4. The molecule has 1 N–H and O–H groups in total. The standard InChI is InChI=1S/C39H76O4/c1-3-5-7-9-11-13-15-17-19-21-23-25-27-29-31-33-35-42-38(36-40)37-43-39(41)34-32-30-28-26-24-22-20-18-16-14-12-10-8-6-4-2/h17,19,38,40H,3-16,18,20-37H2,1-2H3/b19-17-/t38-/m0/s1. The van der Waals surface area contributed by atoms with E-state index in [-0.39, 0.29) is 19.2 Å². The van der Waals surface area contributed by atoms with E-state index in [1.165, 1.54) is 161 Å². The van der Waals surface area contributed by atoms with Crippen molar-refractivity contribution in [2.24, 2.45) is 0 Å². The Balaban J connectivity index is 3.41. The molecule has 0 amide bonds. The first kappa shape index (κ1) is 42.1. The van der Waals surface area contributed by atoms with Crippen molar-refractivity contribution in [2.75, 3.05) is 19.8 Å². The van der Waals surface area contributed by atoms with Crippen molar-refractivity contribution in [1.82, 2.24) is 0 Å². The molecule has 0 saturated carbocycles. The second-order valence-electron chi connectivity index (χ2n) is 13.0. The summed E-state index contributed by atoms with van der Waals surface area (Å²) in [6, 6.07) is 0. The van der Waals surface area contributed by atoms with E-state index in [1.807, 2.05) is 0 Å². The SMILES string of the molecule is CCCCCCCC/C=C\CCCCCCCCO[C@@H](CO)COC(=O)CCCCCCCCCCCCCCCCC. The number of carbonyl (C=O) groups is 1. The summed E-state index contributed by atoms with van der Waals surface area (Å²) in [5.41, 5.74) is 0. The molecule has 0 radical (unpaired) electrons. The molecule has 0 aliphatic heterocycles. The van der Waals surface area contributed by atoms with Gasteiger partial charge in [-0.05, 0) is 38.5 Å². The third-order valence-electron chi connectivity index (χ3n) is 8.63. The maximum Gasteiger partial charge on any atom is 0.305 e. The highest BCUT2D eigenvalue weighted by molar-refractivity contribution is 5.69. The summed E-state index contributed by atoms with van der Waals surface area (Å²) in [4.78, 5) is 12.1. The number of aliphatic hydroxyl groups excluding tert-OH is 1. The Kier molecular flexibility index (Phi) is 36.6. The van der Waals surface area contributed by atoms with Gasteiger partial charge in [0, 0.05) is 13.0 Å². The maximum atomic E-state index is 12.1. The van der Waals surface area contributed by atoms with Gasteiger partial charge in [-0.25, -0.2) is 0 Å². The van der Waals surface area contributed by atoms with Gasteiger partial charge in [0.05, 0.1) is 6.61 Å². The van der Waals surface area contributed by atoms with Gasteiger partial charge in [-0.2, -0.15) is 0 Å². The van der Waals surface area contributed by atoms with E-state index in [0.29, 0.717) is 13.0 Å². The van der Waals surface area contributed by atoms with Crippen molar-refractivity contribution in [3.05, 3.63) is 12.2 Å². The zero-order valence-corrected chi connectivity index (χ0v) is 29.2. The summed E-state index contributed by atoms with van der Waals surface area (Å²) in [6.45, 7) is 5.25. The van der Waals surface area contributed by atoms with Gasteiger partial charge in [0.1, 0.15) is 12.7 Å². The molecule has 256 valence electrons. The summed E-state index contributed by atoms with van der Waals surface area (Å²) < 4.78 is 11.1. The van der Waals surface area contributed by atoms with Crippen molar-refractivity contribution in [3.8, 4) is 0 Å². The van der Waals surface area contributed by atoms with Crippen LogP contribution in [0.5, 0.6) is 0 Å². The Hall–Kier alpha value is -0.870. The normalized spacial score (nSPS) is 12.3. The number of carbonyl (C=O) groups excluding carboxylic acids is 1.